The molecule has 140 valence electrons. The minimum atomic E-state index is -0.496. The second-order valence-corrected chi connectivity index (χ2v) is 8.35. The highest BCUT2D eigenvalue weighted by atomic mass is 32.1. The number of carbonyl (C=O) groups excluding carboxylic acids is 1. The molecule has 0 N–H and O–H groups in total. The maximum Gasteiger partial charge on any atom is 0.410 e. The van der Waals surface area contributed by atoms with Gasteiger partial charge in [-0.15, -0.1) is 11.3 Å². The van der Waals surface area contributed by atoms with Crippen LogP contribution in [-0.4, -0.2) is 35.2 Å². The molecule has 1 aliphatic rings. The number of amides is 1. The summed E-state index contributed by atoms with van der Waals surface area (Å²) >= 11 is 1.59. The number of hydrogen-bond donors (Lipinski definition) is 0. The Bertz CT molecular complexity index is 766. The number of nitrogens with zero attached hydrogens (tertiary/aromatic N) is 2. The summed E-state index contributed by atoms with van der Waals surface area (Å²) in [4.78, 5) is 19.3. The summed E-state index contributed by atoms with van der Waals surface area (Å²) in [6.07, 6.45) is 2.75. The molecule has 26 heavy (non-hydrogen) atoms. The topological polar surface area (TPSA) is 51.7 Å². The molecule has 1 saturated heterocycles. The fourth-order valence-corrected chi connectivity index (χ4v) is 4.11. The SMILES string of the molecule is COc1ccccc1-c1csc([C@H]2CCCCN2C(=O)OC(C)(C)C)n1. The van der Waals surface area contributed by atoms with Gasteiger partial charge in [0.05, 0.1) is 18.8 Å². The number of thiazole rings is 1. The number of methoxy groups -OCH3 is 1. The quantitative estimate of drug-likeness (QED) is 0.733. The van der Waals surface area contributed by atoms with Crippen LogP contribution in [0.4, 0.5) is 4.79 Å². The lowest BCUT2D eigenvalue weighted by Crippen LogP contribution is -2.41. The number of benzene rings is 1. The highest BCUT2D eigenvalue weighted by Gasteiger charge is 2.33. The number of rotatable bonds is 3. The molecule has 5 nitrogen and oxygen atoms in total. The Balaban J connectivity index is 1.85. The maximum absolute atomic E-state index is 12.6. The van der Waals surface area contributed by atoms with E-state index in [0.29, 0.717) is 6.54 Å². The van der Waals surface area contributed by atoms with E-state index in [1.807, 2.05) is 55.3 Å². The Morgan fingerprint density at radius 2 is 2.04 bits per heavy atom. The van der Waals surface area contributed by atoms with Crippen LogP contribution in [0, 0.1) is 0 Å². The second kappa shape index (κ2) is 7.66. The normalized spacial score (nSPS) is 17.8. The molecular formula is C20H26N2O3S. The fraction of sp³-hybridized carbons (Fsp3) is 0.500. The number of para-hydroxylation sites is 1. The number of likely N-dealkylation sites (tertiary alicyclic amines) is 1. The molecule has 2 heterocycles. The van der Waals surface area contributed by atoms with Crippen molar-refractivity contribution in [3.05, 3.63) is 34.7 Å². The minimum Gasteiger partial charge on any atom is -0.496 e. The van der Waals surface area contributed by atoms with Crippen LogP contribution in [0.15, 0.2) is 29.6 Å². The molecule has 1 aliphatic heterocycles. The van der Waals surface area contributed by atoms with Gasteiger partial charge in [-0.05, 0) is 52.2 Å². The molecule has 0 radical (unpaired) electrons. The summed E-state index contributed by atoms with van der Waals surface area (Å²) in [5, 5.41) is 2.99. The van der Waals surface area contributed by atoms with Crippen molar-refractivity contribution < 1.29 is 14.3 Å². The zero-order valence-corrected chi connectivity index (χ0v) is 16.6. The number of piperidine rings is 1. The third kappa shape index (κ3) is 4.18. The molecular weight excluding hydrogens is 348 g/mol. The maximum atomic E-state index is 12.6. The van der Waals surface area contributed by atoms with Crippen molar-refractivity contribution in [2.75, 3.05) is 13.7 Å². The molecule has 3 rings (SSSR count). The summed E-state index contributed by atoms with van der Waals surface area (Å²) in [7, 11) is 1.66. The molecule has 2 aromatic rings. The van der Waals surface area contributed by atoms with Gasteiger partial charge in [0.15, 0.2) is 0 Å². The van der Waals surface area contributed by atoms with Crippen LogP contribution in [0.2, 0.25) is 0 Å². The summed E-state index contributed by atoms with van der Waals surface area (Å²) in [6.45, 7) is 6.40. The molecule has 1 aromatic carbocycles. The van der Waals surface area contributed by atoms with Crippen LogP contribution in [0.3, 0.4) is 0 Å². The monoisotopic (exact) mass is 374 g/mol. The van der Waals surface area contributed by atoms with E-state index >= 15 is 0 Å². The third-order valence-electron chi connectivity index (χ3n) is 4.32. The van der Waals surface area contributed by atoms with Gasteiger partial charge in [0.2, 0.25) is 0 Å². The predicted octanol–water partition coefficient (Wildman–Crippen LogP) is 5.28. The fourth-order valence-electron chi connectivity index (χ4n) is 3.15. The summed E-state index contributed by atoms with van der Waals surface area (Å²) in [5.41, 5.74) is 1.36. The lowest BCUT2D eigenvalue weighted by molar-refractivity contribution is 0.00949. The summed E-state index contributed by atoms with van der Waals surface area (Å²) < 4.78 is 11.0. The van der Waals surface area contributed by atoms with Gasteiger partial charge in [0.1, 0.15) is 16.4 Å². The van der Waals surface area contributed by atoms with Crippen LogP contribution in [0.1, 0.15) is 51.1 Å². The van der Waals surface area contributed by atoms with Crippen LogP contribution in [0.5, 0.6) is 5.75 Å². The van der Waals surface area contributed by atoms with E-state index < -0.39 is 5.60 Å². The lowest BCUT2D eigenvalue weighted by Gasteiger charge is -2.35. The van der Waals surface area contributed by atoms with Gasteiger partial charge in [0.25, 0.3) is 0 Å². The van der Waals surface area contributed by atoms with E-state index in [2.05, 4.69) is 0 Å². The van der Waals surface area contributed by atoms with Gasteiger partial charge >= 0.3 is 6.09 Å². The lowest BCUT2D eigenvalue weighted by atomic mass is 10.0. The molecule has 0 aliphatic carbocycles. The first-order chi connectivity index (χ1) is 12.4. The van der Waals surface area contributed by atoms with E-state index in [0.717, 1.165) is 41.3 Å². The van der Waals surface area contributed by atoms with Crippen LogP contribution >= 0.6 is 11.3 Å². The number of carbonyl (C=O) groups is 1. The summed E-state index contributed by atoms with van der Waals surface area (Å²) in [6, 6.07) is 7.84. The van der Waals surface area contributed by atoms with Crippen molar-refractivity contribution in [2.45, 2.75) is 51.7 Å². The zero-order chi connectivity index (χ0) is 18.7. The molecule has 1 aromatic heterocycles. The van der Waals surface area contributed by atoms with Crippen LogP contribution in [-0.2, 0) is 4.74 Å². The van der Waals surface area contributed by atoms with Crippen molar-refractivity contribution in [1.82, 2.24) is 9.88 Å². The molecule has 1 atom stereocenters. The van der Waals surface area contributed by atoms with E-state index in [1.54, 1.807) is 18.4 Å². The number of hydrogen-bond acceptors (Lipinski definition) is 5. The van der Waals surface area contributed by atoms with Crippen molar-refractivity contribution >= 4 is 17.4 Å². The van der Waals surface area contributed by atoms with E-state index in [-0.39, 0.29) is 12.1 Å². The molecule has 0 unspecified atom stereocenters. The zero-order valence-electron chi connectivity index (χ0n) is 15.8. The Hall–Kier alpha value is -2.08. The Morgan fingerprint density at radius 1 is 1.27 bits per heavy atom. The smallest absolute Gasteiger partial charge is 0.410 e. The molecule has 0 bridgehead atoms. The van der Waals surface area contributed by atoms with Crippen LogP contribution in [0.25, 0.3) is 11.3 Å². The molecule has 1 fully saturated rings. The van der Waals surface area contributed by atoms with Gasteiger partial charge in [-0.1, -0.05) is 12.1 Å². The van der Waals surface area contributed by atoms with Crippen molar-refractivity contribution in [2.24, 2.45) is 0 Å². The molecule has 0 spiro atoms. The Kier molecular flexibility index (Phi) is 5.51. The van der Waals surface area contributed by atoms with Crippen molar-refractivity contribution in [1.29, 1.82) is 0 Å². The Labute approximate surface area is 159 Å². The Morgan fingerprint density at radius 3 is 2.77 bits per heavy atom. The standard InChI is InChI=1S/C20H26N2O3S/c1-20(2,3)25-19(23)22-12-8-7-10-16(22)18-21-15(13-26-18)14-9-5-6-11-17(14)24-4/h5-6,9,11,13,16H,7-8,10,12H2,1-4H3/t16-/m1/s1. The van der Waals surface area contributed by atoms with Crippen molar-refractivity contribution in [3.8, 4) is 17.0 Å². The predicted molar refractivity (Wildman–Crippen MR) is 104 cm³/mol. The summed E-state index contributed by atoms with van der Waals surface area (Å²) in [5.74, 6) is 0.803. The second-order valence-electron chi connectivity index (χ2n) is 7.46. The highest BCUT2D eigenvalue weighted by Crippen LogP contribution is 2.37. The first kappa shape index (κ1) is 18.7. The average molecular weight is 375 g/mol. The largest absolute Gasteiger partial charge is 0.496 e. The highest BCUT2D eigenvalue weighted by molar-refractivity contribution is 7.10. The first-order valence-electron chi connectivity index (χ1n) is 8.97. The first-order valence-corrected chi connectivity index (χ1v) is 9.85. The van der Waals surface area contributed by atoms with E-state index in [1.165, 1.54) is 0 Å². The molecule has 6 heteroatoms. The number of aromatic nitrogens is 1. The van der Waals surface area contributed by atoms with Gasteiger partial charge < -0.3 is 9.47 Å². The van der Waals surface area contributed by atoms with Gasteiger partial charge in [-0.25, -0.2) is 9.78 Å². The van der Waals surface area contributed by atoms with Gasteiger partial charge in [0, 0.05) is 17.5 Å². The molecule has 0 saturated carbocycles. The van der Waals surface area contributed by atoms with Crippen molar-refractivity contribution in [3.63, 3.8) is 0 Å². The van der Waals surface area contributed by atoms with E-state index in [9.17, 15) is 4.79 Å². The average Bonchev–Trinajstić information content (AvgIpc) is 3.10. The number of ether oxygens (including phenoxy) is 2. The van der Waals surface area contributed by atoms with Gasteiger partial charge in [-0.3, -0.25) is 4.90 Å². The molecule has 1 amide bonds. The van der Waals surface area contributed by atoms with E-state index in [4.69, 9.17) is 14.5 Å². The van der Waals surface area contributed by atoms with Crippen LogP contribution < -0.4 is 4.74 Å². The van der Waals surface area contributed by atoms with Gasteiger partial charge in [-0.2, -0.15) is 0 Å². The third-order valence-corrected chi connectivity index (χ3v) is 5.27. The minimum absolute atomic E-state index is 0.0212.